The highest BCUT2D eigenvalue weighted by molar-refractivity contribution is 6.09. The van der Waals surface area contributed by atoms with E-state index < -0.39 is 0 Å². The molecule has 0 bridgehead atoms. The van der Waals surface area contributed by atoms with E-state index in [0.717, 1.165) is 27.6 Å². The number of carbonyl (C=O) groups excluding carboxylic acids is 1. The van der Waals surface area contributed by atoms with Crippen molar-refractivity contribution >= 4 is 40.0 Å². The van der Waals surface area contributed by atoms with Crippen LogP contribution in [0.4, 0.5) is 16.2 Å². The van der Waals surface area contributed by atoms with E-state index >= 15 is 0 Å². The molecule has 5 nitrogen and oxygen atoms in total. The van der Waals surface area contributed by atoms with Crippen LogP contribution in [0.2, 0.25) is 0 Å². The predicted octanol–water partition coefficient (Wildman–Crippen LogP) is 7.57. The molecule has 1 heterocycles. The van der Waals surface area contributed by atoms with Crippen LogP contribution in [0.1, 0.15) is 31.9 Å². The zero-order chi connectivity index (χ0) is 25.3. The number of amides is 2. The zero-order valence-corrected chi connectivity index (χ0v) is 21.1. The lowest BCUT2D eigenvalue weighted by atomic mass is 9.78. The third-order valence-corrected chi connectivity index (χ3v) is 6.82. The predicted molar refractivity (Wildman–Crippen MR) is 150 cm³/mol. The summed E-state index contributed by atoms with van der Waals surface area (Å²) in [5.74, 6) is 1.13. The van der Waals surface area contributed by atoms with E-state index in [1.807, 2.05) is 54.9 Å². The molecule has 2 aliphatic rings. The molecule has 2 unspecified atom stereocenters. The first kappa shape index (κ1) is 23.6. The van der Waals surface area contributed by atoms with Crippen molar-refractivity contribution in [2.24, 2.45) is 16.8 Å². The van der Waals surface area contributed by atoms with Crippen LogP contribution >= 0.6 is 0 Å². The molecule has 2 N–H and O–H groups in total. The minimum atomic E-state index is -0.316. The number of anilines is 2. The molecule has 5 rings (SSSR count). The van der Waals surface area contributed by atoms with Crippen molar-refractivity contribution in [2.75, 3.05) is 17.7 Å². The normalized spacial score (nSPS) is 18.5. The van der Waals surface area contributed by atoms with Gasteiger partial charge in [-0.2, -0.15) is 0 Å². The number of nitrogens with one attached hydrogen (secondary N) is 2. The van der Waals surface area contributed by atoms with E-state index in [-0.39, 0.29) is 23.3 Å². The molecular formula is C31H31N3O2. The number of nitrogens with zero attached hydrogens (tertiary/aromatic N) is 1. The first-order chi connectivity index (χ1) is 17.3. The fraction of sp³-hybridized carbons (Fsp3) is 0.226. The Morgan fingerprint density at radius 3 is 2.50 bits per heavy atom. The maximum atomic E-state index is 13.1. The minimum absolute atomic E-state index is 0.0490. The first-order valence-corrected chi connectivity index (χ1v) is 12.2. The molecule has 1 aliphatic carbocycles. The Morgan fingerprint density at radius 2 is 1.72 bits per heavy atom. The van der Waals surface area contributed by atoms with Crippen LogP contribution in [-0.2, 0) is 5.41 Å². The fourth-order valence-corrected chi connectivity index (χ4v) is 4.87. The second-order valence-electron chi connectivity index (χ2n) is 10.2. The molecule has 0 saturated heterocycles. The number of hydrogen-bond donors (Lipinski definition) is 2. The van der Waals surface area contributed by atoms with Crippen LogP contribution in [-0.4, -0.2) is 19.4 Å². The van der Waals surface area contributed by atoms with E-state index in [9.17, 15) is 4.79 Å². The lowest BCUT2D eigenvalue weighted by molar-refractivity contribution is 0.262. The van der Waals surface area contributed by atoms with E-state index in [4.69, 9.17) is 4.74 Å². The Kier molecular flexibility index (Phi) is 6.23. The highest BCUT2D eigenvalue weighted by Crippen LogP contribution is 2.40. The molecule has 2 atom stereocenters. The molecule has 0 radical (unpaired) electrons. The summed E-state index contributed by atoms with van der Waals surface area (Å²) in [6, 6.07) is 17.8. The number of ether oxygens (including phenoxy) is 1. The van der Waals surface area contributed by atoms with Crippen LogP contribution in [0.5, 0.6) is 5.75 Å². The lowest BCUT2D eigenvalue weighted by Crippen LogP contribution is -2.21. The van der Waals surface area contributed by atoms with Crippen LogP contribution in [0.15, 0.2) is 90.1 Å². The van der Waals surface area contributed by atoms with Crippen molar-refractivity contribution in [3.63, 3.8) is 0 Å². The number of carbonyl (C=O) groups is 1. The summed E-state index contributed by atoms with van der Waals surface area (Å²) in [5, 5.41) is 8.12. The number of methoxy groups -OCH3 is 1. The van der Waals surface area contributed by atoms with Gasteiger partial charge in [-0.05, 0) is 45.7 Å². The number of allylic oxidation sites excluding steroid dienone is 5. The highest BCUT2D eigenvalue weighted by atomic mass is 16.5. The summed E-state index contributed by atoms with van der Waals surface area (Å²) >= 11 is 0. The topological polar surface area (TPSA) is 62.7 Å². The van der Waals surface area contributed by atoms with E-state index in [1.165, 1.54) is 5.57 Å². The Labute approximate surface area is 212 Å². The maximum Gasteiger partial charge on any atom is 0.323 e. The average Bonchev–Trinajstić information content (AvgIpc) is 2.88. The van der Waals surface area contributed by atoms with E-state index in [0.29, 0.717) is 11.4 Å². The third kappa shape index (κ3) is 4.57. The second kappa shape index (κ2) is 9.50. The Hall–Kier alpha value is -4.12. The zero-order valence-electron chi connectivity index (χ0n) is 21.1. The first-order valence-electron chi connectivity index (χ1n) is 12.2. The van der Waals surface area contributed by atoms with Gasteiger partial charge >= 0.3 is 6.03 Å². The summed E-state index contributed by atoms with van der Waals surface area (Å²) in [7, 11) is 1.61. The van der Waals surface area contributed by atoms with Crippen LogP contribution < -0.4 is 15.4 Å². The van der Waals surface area contributed by atoms with Gasteiger partial charge in [-0.3, -0.25) is 4.99 Å². The molecule has 1 aliphatic heterocycles. The molecule has 3 aromatic rings. The average molecular weight is 478 g/mol. The Balaban J connectivity index is 1.45. The van der Waals surface area contributed by atoms with Crippen molar-refractivity contribution in [2.45, 2.75) is 26.2 Å². The van der Waals surface area contributed by atoms with Gasteiger partial charge < -0.3 is 15.4 Å². The molecule has 3 aromatic carbocycles. The highest BCUT2D eigenvalue weighted by Gasteiger charge is 2.26. The number of urea groups is 1. The Bertz CT molecular complexity index is 1440. The molecule has 0 aromatic heterocycles. The van der Waals surface area contributed by atoms with Gasteiger partial charge in [0.25, 0.3) is 0 Å². The minimum Gasteiger partial charge on any atom is -0.495 e. The molecule has 0 fully saturated rings. The maximum absolute atomic E-state index is 13.1. The monoisotopic (exact) mass is 477 g/mol. The fourth-order valence-electron chi connectivity index (χ4n) is 4.87. The number of benzene rings is 3. The van der Waals surface area contributed by atoms with E-state index in [2.05, 4.69) is 72.8 Å². The van der Waals surface area contributed by atoms with Crippen molar-refractivity contribution in [3.8, 4) is 5.75 Å². The van der Waals surface area contributed by atoms with Gasteiger partial charge in [0.05, 0.1) is 18.5 Å². The number of hydrogen-bond acceptors (Lipinski definition) is 3. The number of rotatable bonds is 4. The largest absolute Gasteiger partial charge is 0.495 e. The summed E-state index contributed by atoms with van der Waals surface area (Å²) in [6.45, 7) is 6.42. The van der Waals surface area contributed by atoms with Crippen molar-refractivity contribution in [1.82, 2.24) is 0 Å². The molecule has 182 valence electrons. The van der Waals surface area contributed by atoms with Gasteiger partial charge in [-0.15, -0.1) is 0 Å². The Morgan fingerprint density at radius 1 is 0.944 bits per heavy atom. The lowest BCUT2D eigenvalue weighted by Gasteiger charge is -2.27. The molecule has 0 spiro atoms. The molecule has 2 amide bonds. The van der Waals surface area contributed by atoms with E-state index in [1.54, 1.807) is 7.11 Å². The van der Waals surface area contributed by atoms with Gasteiger partial charge in [0.1, 0.15) is 5.75 Å². The standard InChI is InChI=1S/C31H31N3O2/c1-31(2,3)21-12-15-29(36-4)28(18-21)34-30(35)33-27-14-13-25(24-9-5-6-10-26(24)27)23-11-7-8-20-19-32-17-16-22(20)23/h5-20,22H,1-4H3,(H2,33,34,35). The van der Waals surface area contributed by atoms with Crippen LogP contribution in [0.25, 0.3) is 16.3 Å². The summed E-state index contributed by atoms with van der Waals surface area (Å²) in [5.41, 5.74) is 4.87. The smallest absolute Gasteiger partial charge is 0.323 e. The SMILES string of the molecule is COc1ccc(C(C)(C)C)cc1NC(=O)Nc1ccc(C2=CC=CC3C=NC=CC23)c2ccccc12. The van der Waals surface area contributed by atoms with Gasteiger partial charge in [0, 0.05) is 29.6 Å². The van der Waals surface area contributed by atoms with Gasteiger partial charge in [0.2, 0.25) is 0 Å². The summed E-state index contributed by atoms with van der Waals surface area (Å²) in [6.07, 6.45) is 12.5. The number of aliphatic imine (C=N–C) groups is 1. The van der Waals surface area contributed by atoms with Crippen molar-refractivity contribution in [3.05, 3.63) is 96.2 Å². The summed E-state index contributed by atoms with van der Waals surface area (Å²) < 4.78 is 5.49. The van der Waals surface area contributed by atoms with Crippen LogP contribution in [0.3, 0.4) is 0 Å². The van der Waals surface area contributed by atoms with Gasteiger partial charge in [0.15, 0.2) is 0 Å². The third-order valence-electron chi connectivity index (χ3n) is 6.82. The summed E-state index contributed by atoms with van der Waals surface area (Å²) in [4.78, 5) is 17.4. The molecule has 0 saturated carbocycles. The second-order valence-corrected chi connectivity index (χ2v) is 10.2. The van der Waals surface area contributed by atoms with Gasteiger partial charge in [-0.1, -0.05) is 81.5 Å². The van der Waals surface area contributed by atoms with Crippen LogP contribution in [0, 0.1) is 11.8 Å². The quantitative estimate of drug-likeness (QED) is 0.407. The van der Waals surface area contributed by atoms with Gasteiger partial charge in [-0.25, -0.2) is 4.79 Å². The molecule has 5 heteroatoms. The van der Waals surface area contributed by atoms with Crippen molar-refractivity contribution < 1.29 is 9.53 Å². The number of fused-ring (bicyclic) bond motifs is 2. The molecule has 36 heavy (non-hydrogen) atoms. The molecular weight excluding hydrogens is 446 g/mol. The van der Waals surface area contributed by atoms with Crippen molar-refractivity contribution in [1.29, 1.82) is 0 Å².